The van der Waals surface area contributed by atoms with Crippen LogP contribution in [-0.4, -0.2) is 30.4 Å². The van der Waals surface area contributed by atoms with Gasteiger partial charge in [-0.1, -0.05) is 27.7 Å². The predicted molar refractivity (Wildman–Crippen MR) is 93.1 cm³/mol. The summed E-state index contributed by atoms with van der Waals surface area (Å²) in [6, 6.07) is 2.87. The van der Waals surface area contributed by atoms with Gasteiger partial charge in [-0.25, -0.2) is 14.6 Å². The van der Waals surface area contributed by atoms with Crippen LogP contribution in [0.2, 0.25) is 0 Å². The van der Waals surface area contributed by atoms with E-state index in [-0.39, 0.29) is 25.5 Å². The third kappa shape index (κ3) is 3.21. The second kappa shape index (κ2) is 7.17. The van der Waals surface area contributed by atoms with Crippen LogP contribution in [0.4, 0.5) is 14.9 Å². The van der Waals surface area contributed by atoms with Gasteiger partial charge >= 0.3 is 6.03 Å². The molecule has 134 valence electrons. The number of nitrogens with zero attached hydrogens (tertiary/aromatic N) is 2. The van der Waals surface area contributed by atoms with E-state index in [1.165, 1.54) is 6.07 Å². The highest BCUT2D eigenvalue weighted by Crippen LogP contribution is 2.37. The molecule has 1 saturated heterocycles. The van der Waals surface area contributed by atoms with Gasteiger partial charge in [0.05, 0.1) is 5.69 Å². The van der Waals surface area contributed by atoms with Crippen molar-refractivity contribution in [3.63, 3.8) is 0 Å². The monoisotopic (exact) mass is 338 g/mol. The van der Waals surface area contributed by atoms with Crippen LogP contribution in [0.25, 0.3) is 0 Å². The van der Waals surface area contributed by atoms with Gasteiger partial charge in [0.25, 0.3) is 0 Å². The molecular weight excluding hydrogens is 311 g/mol. The number of carbonyl (C=O) groups is 2. The van der Waals surface area contributed by atoms with E-state index in [9.17, 15) is 14.0 Å². The lowest BCUT2D eigenvalue weighted by atomic mass is 9.98. The first-order chi connectivity index (χ1) is 11.4. The third-order valence-corrected chi connectivity index (χ3v) is 4.14. The Morgan fingerprint density at radius 1 is 1.29 bits per heavy atom. The zero-order chi connectivity index (χ0) is 18.0. The van der Waals surface area contributed by atoms with E-state index in [2.05, 4.69) is 10.7 Å². The number of nitrogens with one attached hydrogen (secondary N) is 2. The second-order valence-corrected chi connectivity index (χ2v) is 5.97. The van der Waals surface area contributed by atoms with Gasteiger partial charge < -0.3 is 9.91 Å². The summed E-state index contributed by atoms with van der Waals surface area (Å²) in [5.74, 6) is -0.468. The van der Waals surface area contributed by atoms with Crippen molar-refractivity contribution in [1.82, 2.24) is 15.6 Å². The summed E-state index contributed by atoms with van der Waals surface area (Å²) in [6.45, 7) is 8.19. The number of fused-ring (bicyclic) bond motifs is 1. The van der Waals surface area contributed by atoms with Crippen LogP contribution < -0.4 is 15.8 Å². The molecule has 0 aliphatic carbocycles. The minimum Gasteiger partial charge on any atom is -0.309 e. The maximum Gasteiger partial charge on any atom is 0.325 e. The van der Waals surface area contributed by atoms with Crippen LogP contribution in [0.5, 0.6) is 0 Å². The van der Waals surface area contributed by atoms with Gasteiger partial charge in [0.15, 0.2) is 0 Å². The van der Waals surface area contributed by atoms with Crippen molar-refractivity contribution in [2.45, 2.75) is 46.2 Å². The van der Waals surface area contributed by atoms with Gasteiger partial charge in [-0.2, -0.15) is 0 Å². The topological polar surface area (TPSA) is 64.7 Å². The average Bonchev–Trinajstić information content (AvgIpc) is 2.84. The number of imide groups is 1. The molecule has 0 aromatic heterocycles. The molecule has 2 aliphatic heterocycles. The number of anilines is 1. The van der Waals surface area contributed by atoms with Crippen LogP contribution in [0.15, 0.2) is 12.1 Å². The number of amides is 3. The summed E-state index contributed by atoms with van der Waals surface area (Å²) in [5, 5.41) is 4.02. The van der Waals surface area contributed by atoms with Crippen LogP contribution in [-0.2, 0) is 4.79 Å². The van der Waals surface area contributed by atoms with Crippen molar-refractivity contribution in [2.24, 2.45) is 0 Å². The normalized spacial score (nSPS) is 19.9. The van der Waals surface area contributed by atoms with Gasteiger partial charge in [-0.05, 0) is 23.6 Å². The number of hydrogen-bond donors (Lipinski definition) is 2. The average molecular weight is 338 g/mol. The van der Waals surface area contributed by atoms with E-state index in [1.54, 1.807) is 23.0 Å². The van der Waals surface area contributed by atoms with E-state index in [1.807, 2.05) is 27.7 Å². The number of carbonyl (C=O) groups excluding carboxylic acids is 2. The molecule has 0 bridgehead atoms. The lowest BCUT2D eigenvalue weighted by Crippen LogP contribution is -2.53. The van der Waals surface area contributed by atoms with E-state index in [4.69, 9.17) is 0 Å². The Balaban J connectivity index is 0.00000101. The fraction of sp³-hybridized carbons (Fsp3) is 0.529. The largest absolute Gasteiger partial charge is 0.325 e. The van der Waals surface area contributed by atoms with Crippen LogP contribution in [0.1, 0.15) is 58.8 Å². The molecule has 1 unspecified atom stereocenters. The van der Waals surface area contributed by atoms with Crippen molar-refractivity contribution in [1.29, 1.82) is 0 Å². The molecule has 1 atom stereocenters. The maximum atomic E-state index is 14.2. The van der Waals surface area contributed by atoms with Crippen molar-refractivity contribution in [3.8, 4) is 0 Å². The third-order valence-electron chi connectivity index (χ3n) is 4.14. The van der Waals surface area contributed by atoms with Gasteiger partial charge in [0.2, 0.25) is 5.91 Å². The molecule has 2 N–H and O–H groups in total. The molecule has 0 radical (unpaired) electrons. The smallest absolute Gasteiger partial charge is 0.309 e. The van der Waals surface area contributed by atoms with Gasteiger partial charge in [0, 0.05) is 27.0 Å². The van der Waals surface area contributed by atoms with E-state index in [0.717, 1.165) is 5.56 Å². The van der Waals surface area contributed by atoms with Crippen molar-refractivity contribution >= 4 is 17.6 Å². The predicted octanol–water partition coefficient (Wildman–Crippen LogP) is 3.12. The summed E-state index contributed by atoms with van der Waals surface area (Å²) < 4.78 is 14.2. The summed E-state index contributed by atoms with van der Waals surface area (Å²) in [5.41, 5.74) is 5.32. The summed E-state index contributed by atoms with van der Waals surface area (Å²) in [4.78, 5) is 24.9. The molecule has 24 heavy (non-hydrogen) atoms. The fourth-order valence-corrected chi connectivity index (χ4v) is 2.93. The lowest BCUT2D eigenvalue weighted by Gasteiger charge is -2.32. The number of hydrogen-bond acceptors (Lipinski definition) is 4. The Morgan fingerprint density at radius 2 is 1.96 bits per heavy atom. The number of rotatable bonds is 2. The molecule has 2 heterocycles. The number of hydrazine groups is 1. The number of halogens is 1. The number of benzene rings is 1. The highest BCUT2D eigenvalue weighted by Gasteiger charge is 2.37. The number of urea groups is 1. The highest BCUT2D eigenvalue weighted by molar-refractivity contribution is 5.97. The summed E-state index contributed by atoms with van der Waals surface area (Å²) in [6.07, 6.45) is -0.132. The Labute approximate surface area is 143 Å². The Bertz CT molecular complexity index is 654. The van der Waals surface area contributed by atoms with Crippen molar-refractivity contribution in [2.75, 3.05) is 18.6 Å². The molecule has 1 aromatic carbocycles. The zero-order valence-corrected chi connectivity index (χ0v) is 14.8. The van der Waals surface area contributed by atoms with E-state index < -0.39 is 12.2 Å². The minimum atomic E-state index is -0.426. The van der Waals surface area contributed by atoms with Gasteiger partial charge in [0.1, 0.15) is 12.0 Å². The molecule has 1 fully saturated rings. The van der Waals surface area contributed by atoms with Crippen LogP contribution in [0, 0.1) is 5.82 Å². The second-order valence-electron chi connectivity index (χ2n) is 5.97. The van der Waals surface area contributed by atoms with Crippen LogP contribution in [0.3, 0.4) is 0 Å². The maximum absolute atomic E-state index is 14.2. The molecule has 3 rings (SSSR count). The quantitative estimate of drug-likeness (QED) is 0.870. The van der Waals surface area contributed by atoms with Crippen LogP contribution >= 0.6 is 0 Å². The first-order valence-corrected chi connectivity index (χ1v) is 8.32. The fourth-order valence-electron chi connectivity index (χ4n) is 2.93. The molecule has 1 aromatic rings. The molecular formula is C17H27FN4O2. The van der Waals surface area contributed by atoms with Crippen molar-refractivity contribution in [3.05, 3.63) is 29.1 Å². The van der Waals surface area contributed by atoms with E-state index in [0.29, 0.717) is 17.8 Å². The van der Waals surface area contributed by atoms with Gasteiger partial charge in [-0.15, -0.1) is 0 Å². The molecule has 0 spiro atoms. The van der Waals surface area contributed by atoms with E-state index >= 15 is 0 Å². The van der Waals surface area contributed by atoms with Gasteiger partial charge in [-0.3, -0.25) is 10.1 Å². The molecule has 7 heteroatoms. The first-order valence-electron chi connectivity index (χ1n) is 8.32. The van der Waals surface area contributed by atoms with Crippen molar-refractivity contribution < 1.29 is 15.4 Å². The zero-order valence-electron chi connectivity index (χ0n) is 14.8. The summed E-state index contributed by atoms with van der Waals surface area (Å²) in [7, 11) is 1.78. The Kier molecular flexibility index (Phi) is 5.43. The minimum absolute atomic E-state index is 0. The molecule has 2 aliphatic rings. The molecule has 6 nitrogen and oxygen atoms in total. The highest BCUT2D eigenvalue weighted by atomic mass is 19.1. The molecule has 0 saturated carbocycles. The Hall–Kier alpha value is -2.15. The SMILES string of the molecule is CC.CC(C)c1cc2c(cc1F)N(C)NC2N1CCC(=O)NC1=O.[HH]. The standard InChI is InChI=1S/C15H19FN4O2.C2H6.H2/c1-8(2)9-6-10-12(7-11(9)16)19(3)18-14(10)20-5-4-13(21)17-15(20)22;1-2;/h6-8,14,18H,4-5H2,1-3H3,(H,17,21,22);1-2H3;1H. The lowest BCUT2D eigenvalue weighted by molar-refractivity contribution is -0.121. The Morgan fingerprint density at radius 3 is 2.54 bits per heavy atom. The first kappa shape index (κ1) is 18.2. The molecule has 3 amide bonds. The summed E-state index contributed by atoms with van der Waals surface area (Å²) >= 11 is 0.